The Morgan fingerprint density at radius 3 is 2.94 bits per heavy atom. The number of rotatable bonds is 5. The molecule has 1 N–H and O–H groups in total. The molecule has 0 saturated carbocycles. The van der Waals surface area contributed by atoms with Crippen molar-refractivity contribution >= 4 is 0 Å². The highest BCUT2D eigenvalue weighted by Crippen LogP contribution is 2.20. The third-order valence-corrected chi connectivity index (χ3v) is 3.08. The monoisotopic (exact) mass is 225 g/mol. The van der Waals surface area contributed by atoms with Gasteiger partial charge in [0.2, 0.25) is 11.8 Å². The van der Waals surface area contributed by atoms with Gasteiger partial charge in [-0.15, -0.1) is 10.2 Å². The lowest BCUT2D eigenvalue weighted by molar-refractivity contribution is 0.241. The Morgan fingerprint density at radius 2 is 2.25 bits per heavy atom. The van der Waals surface area contributed by atoms with Crippen LogP contribution in [0.25, 0.3) is 0 Å². The molecule has 5 nitrogen and oxygen atoms in total. The molecule has 1 aliphatic heterocycles. The Kier molecular flexibility index (Phi) is 3.90. The van der Waals surface area contributed by atoms with E-state index in [1.165, 1.54) is 0 Å². The summed E-state index contributed by atoms with van der Waals surface area (Å²) in [4.78, 5) is 2.31. The van der Waals surface area contributed by atoms with Crippen molar-refractivity contribution in [3.8, 4) is 0 Å². The minimum absolute atomic E-state index is 0.291. The first kappa shape index (κ1) is 11.5. The summed E-state index contributed by atoms with van der Waals surface area (Å²) >= 11 is 0. The molecule has 0 amide bonds. The van der Waals surface area contributed by atoms with Crippen LogP contribution >= 0.6 is 0 Å². The molecule has 16 heavy (non-hydrogen) atoms. The van der Waals surface area contributed by atoms with Gasteiger partial charge in [0.25, 0.3) is 0 Å². The third-order valence-electron chi connectivity index (χ3n) is 3.08. The third kappa shape index (κ3) is 2.80. The molecular weight excluding hydrogens is 206 g/mol. The lowest BCUT2D eigenvalue weighted by atomic mass is 10.1. The van der Waals surface area contributed by atoms with Crippen LogP contribution in [0.3, 0.4) is 0 Å². The van der Waals surface area contributed by atoms with Crippen LogP contribution in [0.5, 0.6) is 0 Å². The number of aliphatic hydroxyl groups is 1. The number of likely N-dealkylation sites (tertiary alicyclic amines) is 1. The van der Waals surface area contributed by atoms with Gasteiger partial charge in [-0.2, -0.15) is 0 Å². The Bertz CT molecular complexity index is 327. The normalized spacial score (nSPS) is 21.8. The fourth-order valence-corrected chi connectivity index (χ4v) is 2.16. The molecule has 1 aromatic heterocycles. The van der Waals surface area contributed by atoms with E-state index in [-0.39, 0.29) is 0 Å². The van der Waals surface area contributed by atoms with E-state index in [2.05, 4.69) is 15.1 Å². The largest absolute Gasteiger partial charge is 0.424 e. The standard InChI is InChI=1S/C11H19N3O2/c1-2-10-12-13-11(16-10)8-14-5-3-9(7-14)4-6-15/h9,15H,2-8H2,1H3. The maximum absolute atomic E-state index is 8.88. The number of aliphatic hydroxyl groups excluding tert-OH is 1. The maximum atomic E-state index is 8.88. The van der Waals surface area contributed by atoms with Gasteiger partial charge >= 0.3 is 0 Å². The molecule has 2 rings (SSSR count). The van der Waals surface area contributed by atoms with Crippen LogP contribution in [0.4, 0.5) is 0 Å². The van der Waals surface area contributed by atoms with Crippen molar-refractivity contribution in [1.29, 1.82) is 0 Å². The van der Waals surface area contributed by atoms with Gasteiger partial charge in [-0.05, 0) is 25.3 Å². The first-order chi connectivity index (χ1) is 7.81. The Balaban J connectivity index is 1.82. The molecule has 0 aromatic carbocycles. The highest BCUT2D eigenvalue weighted by atomic mass is 16.4. The van der Waals surface area contributed by atoms with Crippen LogP contribution in [0.1, 0.15) is 31.5 Å². The van der Waals surface area contributed by atoms with Crippen LogP contribution in [0.15, 0.2) is 4.42 Å². The topological polar surface area (TPSA) is 62.4 Å². The van der Waals surface area contributed by atoms with E-state index in [9.17, 15) is 0 Å². The fraction of sp³-hybridized carbons (Fsp3) is 0.818. The average molecular weight is 225 g/mol. The number of aryl methyl sites for hydroxylation is 1. The summed E-state index contributed by atoms with van der Waals surface area (Å²) in [5.41, 5.74) is 0. The molecule has 90 valence electrons. The van der Waals surface area contributed by atoms with Gasteiger partial charge in [-0.3, -0.25) is 4.90 Å². The lowest BCUT2D eigenvalue weighted by Gasteiger charge is -2.12. The molecule has 0 radical (unpaired) electrons. The summed E-state index contributed by atoms with van der Waals surface area (Å²) < 4.78 is 5.48. The minimum Gasteiger partial charge on any atom is -0.424 e. The zero-order valence-electron chi connectivity index (χ0n) is 9.72. The van der Waals surface area contributed by atoms with Crippen molar-refractivity contribution in [2.45, 2.75) is 32.7 Å². The van der Waals surface area contributed by atoms with Gasteiger partial charge in [0.1, 0.15) is 0 Å². The Labute approximate surface area is 95.5 Å². The molecular formula is C11H19N3O2. The van der Waals surface area contributed by atoms with E-state index < -0.39 is 0 Å². The maximum Gasteiger partial charge on any atom is 0.230 e. The quantitative estimate of drug-likeness (QED) is 0.804. The summed E-state index contributed by atoms with van der Waals surface area (Å²) in [5, 5.41) is 16.8. The molecule has 1 unspecified atom stereocenters. The SMILES string of the molecule is CCc1nnc(CN2CCC(CCO)C2)o1. The number of nitrogens with zero attached hydrogens (tertiary/aromatic N) is 3. The van der Waals surface area contributed by atoms with Crippen LogP contribution in [0, 0.1) is 5.92 Å². The molecule has 1 aliphatic rings. The van der Waals surface area contributed by atoms with Gasteiger partial charge in [0.15, 0.2) is 0 Å². The zero-order valence-corrected chi connectivity index (χ0v) is 9.72. The highest BCUT2D eigenvalue weighted by molar-refractivity contribution is 4.84. The summed E-state index contributed by atoms with van der Waals surface area (Å²) in [6, 6.07) is 0. The first-order valence-corrected chi connectivity index (χ1v) is 5.96. The van der Waals surface area contributed by atoms with E-state index in [4.69, 9.17) is 9.52 Å². The fourth-order valence-electron chi connectivity index (χ4n) is 2.16. The van der Waals surface area contributed by atoms with E-state index in [1.54, 1.807) is 0 Å². The smallest absolute Gasteiger partial charge is 0.230 e. The second-order valence-electron chi connectivity index (χ2n) is 4.35. The zero-order chi connectivity index (χ0) is 11.4. The van der Waals surface area contributed by atoms with Crippen molar-refractivity contribution in [2.24, 2.45) is 5.92 Å². The van der Waals surface area contributed by atoms with Crippen LogP contribution < -0.4 is 0 Å². The van der Waals surface area contributed by atoms with Gasteiger partial charge in [0, 0.05) is 19.6 Å². The second-order valence-corrected chi connectivity index (χ2v) is 4.35. The molecule has 0 aliphatic carbocycles. The summed E-state index contributed by atoms with van der Waals surface area (Å²) in [5.74, 6) is 2.04. The molecule has 1 fully saturated rings. The van der Waals surface area contributed by atoms with Crippen molar-refractivity contribution in [1.82, 2.24) is 15.1 Å². The first-order valence-electron chi connectivity index (χ1n) is 5.96. The predicted octanol–water partition coefficient (Wildman–Crippen LogP) is 0.836. The molecule has 0 bridgehead atoms. The van der Waals surface area contributed by atoms with Crippen LogP contribution in [-0.4, -0.2) is 39.9 Å². The number of hydrogen-bond acceptors (Lipinski definition) is 5. The van der Waals surface area contributed by atoms with Crippen molar-refractivity contribution < 1.29 is 9.52 Å². The summed E-state index contributed by atoms with van der Waals surface area (Å²) in [6.07, 6.45) is 2.86. The van der Waals surface area contributed by atoms with Gasteiger partial charge in [-0.25, -0.2) is 0 Å². The molecule has 1 saturated heterocycles. The van der Waals surface area contributed by atoms with E-state index in [0.717, 1.165) is 38.9 Å². The van der Waals surface area contributed by atoms with Gasteiger partial charge in [0.05, 0.1) is 6.54 Å². The highest BCUT2D eigenvalue weighted by Gasteiger charge is 2.23. The van der Waals surface area contributed by atoms with Crippen molar-refractivity contribution in [3.05, 3.63) is 11.8 Å². The van der Waals surface area contributed by atoms with Crippen LogP contribution in [0.2, 0.25) is 0 Å². The van der Waals surface area contributed by atoms with Crippen molar-refractivity contribution in [2.75, 3.05) is 19.7 Å². The van der Waals surface area contributed by atoms with E-state index >= 15 is 0 Å². The van der Waals surface area contributed by atoms with E-state index in [1.807, 2.05) is 6.92 Å². The lowest BCUT2D eigenvalue weighted by Crippen LogP contribution is -2.20. The molecule has 5 heteroatoms. The average Bonchev–Trinajstić information content (AvgIpc) is 2.89. The van der Waals surface area contributed by atoms with Crippen LogP contribution in [-0.2, 0) is 13.0 Å². The predicted molar refractivity (Wildman–Crippen MR) is 58.8 cm³/mol. The Morgan fingerprint density at radius 1 is 1.44 bits per heavy atom. The molecule has 1 aromatic rings. The molecule has 2 heterocycles. The van der Waals surface area contributed by atoms with Gasteiger partial charge in [-0.1, -0.05) is 6.92 Å². The van der Waals surface area contributed by atoms with Crippen molar-refractivity contribution in [3.63, 3.8) is 0 Å². The minimum atomic E-state index is 0.291. The summed E-state index contributed by atoms with van der Waals surface area (Å²) in [7, 11) is 0. The summed E-state index contributed by atoms with van der Waals surface area (Å²) in [6.45, 7) is 5.14. The Hall–Kier alpha value is -0.940. The number of aromatic nitrogens is 2. The molecule has 0 spiro atoms. The second kappa shape index (κ2) is 5.41. The van der Waals surface area contributed by atoms with E-state index in [0.29, 0.717) is 24.3 Å². The number of hydrogen-bond donors (Lipinski definition) is 1. The molecule has 1 atom stereocenters. The van der Waals surface area contributed by atoms with Gasteiger partial charge < -0.3 is 9.52 Å².